The van der Waals surface area contributed by atoms with Crippen LogP contribution < -0.4 is 0 Å². The van der Waals surface area contributed by atoms with E-state index < -0.39 is 0 Å². The number of hydrogen-bond donors (Lipinski definition) is 2. The van der Waals surface area contributed by atoms with E-state index in [-0.39, 0.29) is 10.8 Å². The van der Waals surface area contributed by atoms with Crippen molar-refractivity contribution in [2.75, 3.05) is 0 Å². The number of hydrogen-bond acceptors (Lipinski definition) is 2. The molecular weight excluding hydrogens is 392 g/mol. The highest BCUT2D eigenvalue weighted by molar-refractivity contribution is 5.45. The molecule has 0 spiro atoms. The summed E-state index contributed by atoms with van der Waals surface area (Å²) in [6.45, 7) is 8.91. The zero-order valence-electron chi connectivity index (χ0n) is 20.3. The minimum Gasteiger partial charge on any atom is -0.508 e. The predicted molar refractivity (Wildman–Crippen MR) is 131 cm³/mol. The molecule has 4 fully saturated rings. The second kappa shape index (κ2) is 7.82. The van der Waals surface area contributed by atoms with Crippen LogP contribution in [0.5, 0.6) is 11.5 Å². The Morgan fingerprint density at radius 1 is 0.719 bits per heavy atom. The highest BCUT2D eigenvalue weighted by atomic mass is 16.3. The third-order valence-corrected chi connectivity index (χ3v) is 8.70. The van der Waals surface area contributed by atoms with E-state index in [0.717, 1.165) is 35.8 Å². The quantitative estimate of drug-likeness (QED) is 0.503. The molecule has 4 bridgehead atoms. The summed E-state index contributed by atoms with van der Waals surface area (Å²) < 4.78 is 0. The average molecular weight is 433 g/mol. The van der Waals surface area contributed by atoms with Crippen molar-refractivity contribution in [1.82, 2.24) is 0 Å². The van der Waals surface area contributed by atoms with Crippen molar-refractivity contribution in [3.63, 3.8) is 0 Å². The first-order valence-electron chi connectivity index (χ1n) is 12.8. The van der Waals surface area contributed by atoms with Gasteiger partial charge in [-0.15, -0.1) is 0 Å². The molecule has 6 rings (SSSR count). The van der Waals surface area contributed by atoms with Gasteiger partial charge in [-0.2, -0.15) is 0 Å². The first-order valence-corrected chi connectivity index (χ1v) is 12.8. The molecule has 0 aromatic heterocycles. The smallest absolute Gasteiger partial charge is 0.118 e. The lowest BCUT2D eigenvalue weighted by atomic mass is 9.41. The molecule has 0 aliphatic heterocycles. The van der Waals surface area contributed by atoms with E-state index >= 15 is 0 Å². The summed E-state index contributed by atoms with van der Waals surface area (Å²) in [7, 11) is 0. The normalized spacial score (nSPS) is 31.1. The van der Waals surface area contributed by atoms with E-state index in [2.05, 4.69) is 52.0 Å². The Hall–Kier alpha value is -1.96. The van der Waals surface area contributed by atoms with Gasteiger partial charge in [0.2, 0.25) is 0 Å². The van der Waals surface area contributed by atoms with Crippen LogP contribution in [0.15, 0.2) is 36.4 Å². The first kappa shape index (κ1) is 21.9. The van der Waals surface area contributed by atoms with Crippen LogP contribution in [0.4, 0.5) is 0 Å². The van der Waals surface area contributed by atoms with Crippen molar-refractivity contribution in [3.05, 3.63) is 58.7 Å². The molecule has 2 aromatic carbocycles. The molecule has 2 aromatic rings. The van der Waals surface area contributed by atoms with Gasteiger partial charge in [0, 0.05) is 0 Å². The van der Waals surface area contributed by atoms with E-state index in [1.807, 2.05) is 12.1 Å². The number of aromatic hydroxyl groups is 2. The van der Waals surface area contributed by atoms with Gasteiger partial charge in [0.15, 0.2) is 0 Å². The summed E-state index contributed by atoms with van der Waals surface area (Å²) >= 11 is 0. The van der Waals surface area contributed by atoms with Gasteiger partial charge in [-0.05, 0) is 120 Å². The average Bonchev–Trinajstić information content (AvgIpc) is 2.69. The van der Waals surface area contributed by atoms with Crippen molar-refractivity contribution in [1.29, 1.82) is 0 Å². The van der Waals surface area contributed by atoms with Crippen molar-refractivity contribution >= 4 is 0 Å². The van der Waals surface area contributed by atoms with E-state index in [4.69, 9.17) is 0 Å². The van der Waals surface area contributed by atoms with Gasteiger partial charge in [0.25, 0.3) is 0 Å². The van der Waals surface area contributed by atoms with Gasteiger partial charge in [-0.1, -0.05) is 52.0 Å². The maximum absolute atomic E-state index is 10.5. The SMILES string of the molecule is CC(C)Cc1cc(C23CC4CC(C2)CC(c2ccc(O)c(CC(C)C)c2)(C4)C3)ccc1O. The second-order valence-corrected chi connectivity index (χ2v) is 12.4. The topological polar surface area (TPSA) is 40.5 Å². The molecule has 0 amide bonds. The van der Waals surface area contributed by atoms with Gasteiger partial charge >= 0.3 is 0 Å². The number of phenolic OH excluding ortho intramolecular Hbond substituents is 2. The fraction of sp³-hybridized carbons (Fsp3) is 0.600. The molecule has 0 saturated heterocycles. The second-order valence-electron chi connectivity index (χ2n) is 12.4. The Morgan fingerprint density at radius 2 is 1.12 bits per heavy atom. The Bertz CT molecular complexity index is 910. The van der Waals surface area contributed by atoms with Crippen molar-refractivity contribution in [2.45, 2.75) is 89.9 Å². The lowest BCUT2D eigenvalue weighted by Crippen LogP contribution is -2.56. The Kier molecular flexibility index (Phi) is 5.34. The Labute approximate surface area is 194 Å². The molecule has 0 atom stereocenters. The molecule has 4 aliphatic carbocycles. The highest BCUT2D eigenvalue weighted by Gasteiger charge is 2.58. The first-order chi connectivity index (χ1) is 15.2. The van der Waals surface area contributed by atoms with Gasteiger partial charge in [0.05, 0.1) is 0 Å². The molecule has 32 heavy (non-hydrogen) atoms. The van der Waals surface area contributed by atoms with Crippen LogP contribution in [0.3, 0.4) is 0 Å². The molecular formula is C30H40O2. The van der Waals surface area contributed by atoms with Crippen LogP contribution in [0.25, 0.3) is 0 Å². The Morgan fingerprint density at radius 3 is 1.50 bits per heavy atom. The number of benzene rings is 2. The van der Waals surface area contributed by atoms with Crippen molar-refractivity contribution in [3.8, 4) is 11.5 Å². The van der Waals surface area contributed by atoms with Crippen LogP contribution in [-0.2, 0) is 23.7 Å². The zero-order chi connectivity index (χ0) is 22.7. The molecule has 172 valence electrons. The Balaban J connectivity index is 1.54. The lowest BCUT2D eigenvalue weighted by Gasteiger charge is -2.63. The molecule has 4 saturated carbocycles. The van der Waals surface area contributed by atoms with Crippen LogP contribution in [0.1, 0.15) is 88.5 Å². The third kappa shape index (κ3) is 3.74. The van der Waals surface area contributed by atoms with Gasteiger partial charge < -0.3 is 10.2 Å². The van der Waals surface area contributed by atoms with Crippen LogP contribution in [0, 0.1) is 23.7 Å². The van der Waals surface area contributed by atoms with E-state index in [0.29, 0.717) is 23.3 Å². The van der Waals surface area contributed by atoms with Gasteiger partial charge in [0.1, 0.15) is 11.5 Å². The van der Waals surface area contributed by atoms with E-state index in [1.165, 1.54) is 49.7 Å². The lowest BCUT2D eigenvalue weighted by molar-refractivity contribution is -0.0282. The monoisotopic (exact) mass is 432 g/mol. The molecule has 0 radical (unpaired) electrons. The van der Waals surface area contributed by atoms with Crippen LogP contribution in [0.2, 0.25) is 0 Å². The van der Waals surface area contributed by atoms with Crippen molar-refractivity contribution in [2.24, 2.45) is 23.7 Å². The maximum Gasteiger partial charge on any atom is 0.118 e. The molecule has 0 unspecified atom stereocenters. The van der Waals surface area contributed by atoms with Gasteiger partial charge in [-0.3, -0.25) is 0 Å². The van der Waals surface area contributed by atoms with E-state index in [1.54, 1.807) is 0 Å². The molecule has 2 N–H and O–H groups in total. The number of phenols is 2. The van der Waals surface area contributed by atoms with Gasteiger partial charge in [-0.25, -0.2) is 0 Å². The summed E-state index contributed by atoms with van der Waals surface area (Å²) in [5.41, 5.74) is 5.63. The summed E-state index contributed by atoms with van der Waals surface area (Å²) in [6.07, 6.45) is 9.67. The number of rotatable bonds is 6. The van der Waals surface area contributed by atoms with Crippen LogP contribution in [-0.4, -0.2) is 10.2 Å². The molecule has 2 nitrogen and oxygen atoms in total. The fourth-order valence-corrected chi connectivity index (χ4v) is 7.98. The summed E-state index contributed by atoms with van der Waals surface area (Å²) in [5, 5.41) is 21.0. The molecule has 2 heteroatoms. The standard InChI is InChI=1S/C30H40O2/c1-19(2)9-23-12-25(5-7-27(23)31)29-14-21-11-22(15-29)17-30(16-21,18-29)26-6-8-28(32)24(13-26)10-20(3)4/h5-8,12-13,19-22,31-32H,9-11,14-18H2,1-4H3. The predicted octanol–water partition coefficient (Wildman–Crippen LogP) is 7.28. The largest absolute Gasteiger partial charge is 0.508 e. The molecule has 4 aliphatic rings. The van der Waals surface area contributed by atoms with Crippen molar-refractivity contribution < 1.29 is 10.2 Å². The molecule has 0 heterocycles. The van der Waals surface area contributed by atoms with E-state index in [9.17, 15) is 10.2 Å². The van der Waals surface area contributed by atoms with Crippen LogP contribution >= 0.6 is 0 Å². The highest BCUT2D eigenvalue weighted by Crippen LogP contribution is 2.66. The zero-order valence-corrected chi connectivity index (χ0v) is 20.3. The fourth-order valence-electron chi connectivity index (χ4n) is 7.98. The summed E-state index contributed by atoms with van der Waals surface area (Å²) in [5.74, 6) is 3.57. The minimum absolute atomic E-state index is 0.236. The summed E-state index contributed by atoms with van der Waals surface area (Å²) in [4.78, 5) is 0. The minimum atomic E-state index is 0.236. The summed E-state index contributed by atoms with van der Waals surface area (Å²) in [6, 6.07) is 13.1. The maximum atomic E-state index is 10.5. The third-order valence-electron chi connectivity index (χ3n) is 8.70.